The Kier molecular flexibility index (Phi) is 3.53. The molecule has 0 aromatic heterocycles. The minimum atomic E-state index is 0.0837. The average Bonchev–Trinajstić information content (AvgIpc) is 3.06. The third-order valence-corrected chi connectivity index (χ3v) is 4.31. The highest BCUT2D eigenvalue weighted by atomic mass is 16.5. The summed E-state index contributed by atoms with van der Waals surface area (Å²) < 4.78 is 10.5. The van der Waals surface area contributed by atoms with E-state index in [1.165, 1.54) is 0 Å². The number of amides is 1. The molecule has 1 aromatic rings. The molecule has 3 rings (SSSR count). The number of carbonyl (C=O) groups is 1. The molecular weight excluding hydrogens is 256 g/mol. The van der Waals surface area contributed by atoms with Crippen LogP contribution in [-0.2, 0) is 0 Å². The van der Waals surface area contributed by atoms with Crippen molar-refractivity contribution in [2.75, 3.05) is 40.4 Å². The molecule has 2 heterocycles. The predicted octanol–water partition coefficient (Wildman–Crippen LogP) is 0.995. The van der Waals surface area contributed by atoms with Gasteiger partial charge in [0.05, 0.1) is 14.2 Å². The topological polar surface area (TPSA) is 50.8 Å². The van der Waals surface area contributed by atoms with Crippen molar-refractivity contribution >= 4 is 5.91 Å². The second kappa shape index (κ2) is 5.32. The molecule has 0 aliphatic carbocycles. The predicted molar refractivity (Wildman–Crippen MR) is 75.3 cm³/mol. The van der Waals surface area contributed by atoms with Gasteiger partial charge in [-0.2, -0.15) is 0 Å². The smallest absolute Gasteiger partial charge is 0.254 e. The maximum atomic E-state index is 12.6. The second-order valence-electron chi connectivity index (χ2n) is 5.46. The first-order valence-corrected chi connectivity index (χ1v) is 6.95. The molecule has 2 aliphatic heterocycles. The molecule has 2 atom stereocenters. The molecule has 1 aromatic carbocycles. The third kappa shape index (κ3) is 2.22. The Balaban J connectivity index is 1.77. The van der Waals surface area contributed by atoms with Crippen LogP contribution in [0, 0.1) is 11.8 Å². The van der Waals surface area contributed by atoms with Crippen molar-refractivity contribution in [3.63, 3.8) is 0 Å². The van der Waals surface area contributed by atoms with E-state index in [2.05, 4.69) is 5.32 Å². The number of hydrogen-bond acceptors (Lipinski definition) is 4. The normalized spacial score (nSPS) is 24.6. The number of carbonyl (C=O) groups excluding carboxylic acids is 1. The maximum absolute atomic E-state index is 12.6. The van der Waals surface area contributed by atoms with Crippen LogP contribution in [0.3, 0.4) is 0 Å². The van der Waals surface area contributed by atoms with E-state index >= 15 is 0 Å². The summed E-state index contributed by atoms with van der Waals surface area (Å²) in [4.78, 5) is 14.5. The number of ether oxygens (including phenoxy) is 2. The molecule has 20 heavy (non-hydrogen) atoms. The Hall–Kier alpha value is -1.75. The lowest BCUT2D eigenvalue weighted by Crippen LogP contribution is -2.31. The fraction of sp³-hybridized carbons (Fsp3) is 0.533. The first kappa shape index (κ1) is 13.2. The van der Waals surface area contributed by atoms with Gasteiger partial charge in [-0.3, -0.25) is 4.79 Å². The molecule has 0 radical (unpaired) electrons. The summed E-state index contributed by atoms with van der Waals surface area (Å²) in [6.45, 7) is 3.76. The Bertz CT molecular complexity index is 506. The van der Waals surface area contributed by atoms with E-state index in [1.54, 1.807) is 32.4 Å². The third-order valence-electron chi connectivity index (χ3n) is 4.31. The van der Waals surface area contributed by atoms with Gasteiger partial charge < -0.3 is 19.7 Å². The zero-order valence-corrected chi connectivity index (χ0v) is 11.9. The van der Waals surface area contributed by atoms with E-state index in [-0.39, 0.29) is 5.91 Å². The van der Waals surface area contributed by atoms with Gasteiger partial charge in [0.1, 0.15) is 0 Å². The first-order valence-electron chi connectivity index (χ1n) is 6.95. The largest absolute Gasteiger partial charge is 0.493 e. The molecule has 5 heteroatoms. The Morgan fingerprint density at radius 3 is 2.40 bits per heavy atom. The fourth-order valence-electron chi connectivity index (χ4n) is 3.17. The van der Waals surface area contributed by atoms with E-state index in [0.29, 0.717) is 28.9 Å². The standard InChI is InChI=1S/C15H20N2O3/c1-19-13-4-3-10(5-14(13)20-2)15(18)17-8-11-6-16-7-12(11)9-17/h3-5,11-12,16H,6-9H2,1-2H3. The summed E-state index contributed by atoms with van der Waals surface area (Å²) in [5.41, 5.74) is 0.663. The van der Waals surface area contributed by atoms with Crippen LogP contribution in [-0.4, -0.2) is 51.2 Å². The van der Waals surface area contributed by atoms with Crippen molar-refractivity contribution in [2.24, 2.45) is 11.8 Å². The van der Waals surface area contributed by atoms with E-state index in [1.807, 2.05) is 4.90 Å². The van der Waals surface area contributed by atoms with E-state index in [0.717, 1.165) is 26.2 Å². The molecule has 2 fully saturated rings. The molecule has 2 saturated heterocycles. The zero-order valence-electron chi connectivity index (χ0n) is 11.9. The lowest BCUT2D eigenvalue weighted by Gasteiger charge is -2.18. The SMILES string of the molecule is COc1ccc(C(=O)N2CC3CNCC3C2)cc1OC. The van der Waals surface area contributed by atoms with Crippen LogP contribution in [0.5, 0.6) is 11.5 Å². The van der Waals surface area contributed by atoms with E-state index < -0.39 is 0 Å². The zero-order chi connectivity index (χ0) is 14.1. The van der Waals surface area contributed by atoms with Crippen molar-refractivity contribution in [1.82, 2.24) is 10.2 Å². The van der Waals surface area contributed by atoms with E-state index in [4.69, 9.17) is 9.47 Å². The summed E-state index contributed by atoms with van der Waals surface area (Å²) in [6, 6.07) is 5.34. The van der Waals surface area contributed by atoms with Crippen LogP contribution in [0.25, 0.3) is 0 Å². The van der Waals surface area contributed by atoms with Gasteiger partial charge in [-0.25, -0.2) is 0 Å². The fourth-order valence-corrected chi connectivity index (χ4v) is 3.17. The van der Waals surface area contributed by atoms with Crippen LogP contribution in [0.15, 0.2) is 18.2 Å². The molecule has 5 nitrogen and oxygen atoms in total. The number of nitrogens with one attached hydrogen (secondary N) is 1. The molecule has 0 spiro atoms. The van der Waals surface area contributed by atoms with Gasteiger partial charge in [0.25, 0.3) is 5.91 Å². The van der Waals surface area contributed by atoms with Crippen molar-refractivity contribution in [1.29, 1.82) is 0 Å². The molecule has 1 N–H and O–H groups in total. The minimum Gasteiger partial charge on any atom is -0.493 e. The Labute approximate surface area is 118 Å². The van der Waals surface area contributed by atoms with Gasteiger partial charge in [0.15, 0.2) is 11.5 Å². The van der Waals surface area contributed by atoms with Crippen LogP contribution >= 0.6 is 0 Å². The lowest BCUT2D eigenvalue weighted by molar-refractivity contribution is 0.0781. The van der Waals surface area contributed by atoms with Crippen LogP contribution in [0.1, 0.15) is 10.4 Å². The van der Waals surface area contributed by atoms with E-state index in [9.17, 15) is 4.79 Å². The van der Waals surface area contributed by atoms with Gasteiger partial charge >= 0.3 is 0 Å². The Morgan fingerprint density at radius 2 is 1.80 bits per heavy atom. The van der Waals surface area contributed by atoms with Gasteiger partial charge in [-0.15, -0.1) is 0 Å². The molecule has 2 aliphatic rings. The van der Waals surface area contributed by atoms with Crippen molar-refractivity contribution in [3.8, 4) is 11.5 Å². The van der Waals surface area contributed by atoms with Gasteiger partial charge in [0, 0.05) is 31.7 Å². The number of fused-ring (bicyclic) bond motifs is 1. The summed E-state index contributed by atoms with van der Waals surface area (Å²) in [6.07, 6.45) is 0. The van der Waals surface area contributed by atoms with Gasteiger partial charge in [-0.05, 0) is 30.0 Å². The molecule has 108 valence electrons. The van der Waals surface area contributed by atoms with Crippen LogP contribution in [0.4, 0.5) is 0 Å². The summed E-state index contributed by atoms with van der Waals surface area (Å²) in [5.74, 6) is 2.55. The number of rotatable bonds is 3. The highest BCUT2D eigenvalue weighted by molar-refractivity contribution is 5.95. The van der Waals surface area contributed by atoms with Crippen molar-refractivity contribution < 1.29 is 14.3 Å². The minimum absolute atomic E-state index is 0.0837. The second-order valence-corrected chi connectivity index (χ2v) is 5.46. The Morgan fingerprint density at radius 1 is 1.15 bits per heavy atom. The molecule has 0 saturated carbocycles. The number of nitrogens with zero attached hydrogens (tertiary/aromatic N) is 1. The maximum Gasteiger partial charge on any atom is 0.254 e. The van der Waals surface area contributed by atoms with Gasteiger partial charge in [0.2, 0.25) is 0 Å². The number of likely N-dealkylation sites (tertiary alicyclic amines) is 1. The summed E-state index contributed by atoms with van der Waals surface area (Å²) >= 11 is 0. The molecular formula is C15H20N2O3. The first-order chi connectivity index (χ1) is 9.72. The number of hydrogen-bond donors (Lipinski definition) is 1. The average molecular weight is 276 g/mol. The molecule has 0 bridgehead atoms. The summed E-state index contributed by atoms with van der Waals surface area (Å²) in [5, 5.41) is 3.38. The van der Waals surface area contributed by atoms with Gasteiger partial charge in [-0.1, -0.05) is 0 Å². The lowest BCUT2D eigenvalue weighted by atomic mass is 10.0. The summed E-state index contributed by atoms with van der Waals surface area (Å²) in [7, 11) is 3.17. The molecule has 1 amide bonds. The monoisotopic (exact) mass is 276 g/mol. The van der Waals surface area contributed by atoms with Crippen molar-refractivity contribution in [3.05, 3.63) is 23.8 Å². The van der Waals surface area contributed by atoms with Crippen LogP contribution in [0.2, 0.25) is 0 Å². The number of benzene rings is 1. The highest BCUT2D eigenvalue weighted by Crippen LogP contribution is 2.31. The van der Waals surface area contributed by atoms with Crippen LogP contribution < -0.4 is 14.8 Å². The number of methoxy groups -OCH3 is 2. The molecule has 2 unspecified atom stereocenters. The quantitative estimate of drug-likeness (QED) is 0.894. The highest BCUT2D eigenvalue weighted by Gasteiger charge is 2.38. The van der Waals surface area contributed by atoms with Crippen molar-refractivity contribution in [2.45, 2.75) is 0 Å².